The zero-order valence-electron chi connectivity index (χ0n) is 25.5. The SMILES string of the molecule is CCCCCCCCCCCC(=O)[O][Sn]([CH2]CCC)([CH2]CCC)[O]C(=O)CCCCCCCCCCC. The number of rotatable bonds is 28. The van der Waals surface area contributed by atoms with Crippen LogP contribution >= 0.6 is 0 Å². The first-order valence-electron chi connectivity index (χ1n) is 16.5. The van der Waals surface area contributed by atoms with Crippen LogP contribution in [-0.2, 0) is 15.7 Å². The quantitative estimate of drug-likeness (QED) is 0.0637. The molecular weight excluding hydrogens is 567 g/mol. The zero-order valence-corrected chi connectivity index (χ0v) is 28.4. The van der Waals surface area contributed by atoms with E-state index in [0.29, 0.717) is 12.8 Å². The fraction of sp³-hybridized carbons (Fsp3) is 0.938. The smallest absolute Gasteiger partial charge is 0.0654 e. The Morgan fingerprint density at radius 1 is 0.405 bits per heavy atom. The average Bonchev–Trinajstić information content (AvgIpc) is 2.88. The Kier molecular flexibility index (Phi) is 27.1. The van der Waals surface area contributed by atoms with E-state index in [1.807, 2.05) is 0 Å². The molecule has 0 fully saturated rings. The Bertz CT molecular complexity index is 477. The van der Waals surface area contributed by atoms with E-state index in [9.17, 15) is 9.59 Å². The van der Waals surface area contributed by atoms with Gasteiger partial charge in [0.2, 0.25) is 0 Å². The van der Waals surface area contributed by atoms with Crippen molar-refractivity contribution in [3.8, 4) is 0 Å². The van der Waals surface area contributed by atoms with Gasteiger partial charge in [-0.25, -0.2) is 0 Å². The van der Waals surface area contributed by atoms with Gasteiger partial charge in [0.25, 0.3) is 0 Å². The van der Waals surface area contributed by atoms with Gasteiger partial charge in [-0.1, -0.05) is 13.8 Å². The summed E-state index contributed by atoms with van der Waals surface area (Å²) in [6.07, 6.45) is 27.2. The molecule has 0 atom stereocenters. The molecule has 0 aliphatic heterocycles. The van der Waals surface area contributed by atoms with E-state index >= 15 is 0 Å². The second-order valence-corrected chi connectivity index (χ2v) is 20.4. The van der Waals surface area contributed by atoms with Crippen molar-refractivity contribution in [2.75, 3.05) is 0 Å². The van der Waals surface area contributed by atoms with Crippen molar-refractivity contribution in [1.82, 2.24) is 0 Å². The molecule has 37 heavy (non-hydrogen) atoms. The molecular formula is C32H64O4Sn. The van der Waals surface area contributed by atoms with Crippen LogP contribution in [0.25, 0.3) is 0 Å². The average molecular weight is 632 g/mol. The van der Waals surface area contributed by atoms with Crippen molar-refractivity contribution < 1.29 is 15.7 Å². The second-order valence-electron chi connectivity index (χ2n) is 11.2. The molecule has 0 spiro atoms. The van der Waals surface area contributed by atoms with Crippen LogP contribution < -0.4 is 0 Å². The maximum atomic E-state index is 12.8. The molecule has 0 saturated heterocycles. The Hall–Kier alpha value is -0.261. The summed E-state index contributed by atoms with van der Waals surface area (Å²) < 4.78 is 14.0. The van der Waals surface area contributed by atoms with E-state index in [4.69, 9.17) is 6.15 Å². The molecule has 0 rings (SSSR count). The third-order valence-corrected chi connectivity index (χ3v) is 17.2. The summed E-state index contributed by atoms with van der Waals surface area (Å²) in [5, 5.41) is 0. The van der Waals surface area contributed by atoms with Crippen LogP contribution in [0.5, 0.6) is 0 Å². The van der Waals surface area contributed by atoms with Gasteiger partial charge in [-0.2, -0.15) is 0 Å². The molecule has 0 aromatic heterocycles. The van der Waals surface area contributed by atoms with Crippen molar-refractivity contribution >= 4 is 31.1 Å². The summed E-state index contributed by atoms with van der Waals surface area (Å²) in [5.41, 5.74) is 0. The molecule has 0 aliphatic rings. The van der Waals surface area contributed by atoms with Gasteiger partial charge in [0.15, 0.2) is 0 Å². The van der Waals surface area contributed by atoms with E-state index in [0.717, 1.165) is 60.2 Å². The van der Waals surface area contributed by atoms with E-state index < -0.39 is 19.2 Å². The first-order valence-corrected chi connectivity index (χ1v) is 22.8. The number of unbranched alkanes of at least 4 members (excludes halogenated alkanes) is 18. The molecule has 0 aromatic carbocycles. The van der Waals surface area contributed by atoms with Crippen LogP contribution in [-0.4, -0.2) is 31.1 Å². The first kappa shape index (κ1) is 36.7. The van der Waals surface area contributed by atoms with Crippen LogP contribution in [0.15, 0.2) is 0 Å². The molecule has 0 radical (unpaired) electrons. The molecule has 0 aliphatic carbocycles. The number of hydrogen-bond donors (Lipinski definition) is 0. The van der Waals surface area contributed by atoms with Crippen molar-refractivity contribution in [3.63, 3.8) is 0 Å². The van der Waals surface area contributed by atoms with Crippen LogP contribution in [0.4, 0.5) is 0 Å². The summed E-state index contributed by atoms with van der Waals surface area (Å²) in [6, 6.07) is 0. The molecule has 0 aromatic rings. The molecule has 4 nitrogen and oxygen atoms in total. The van der Waals surface area contributed by atoms with E-state index in [1.165, 1.54) is 89.9 Å². The molecule has 220 valence electrons. The van der Waals surface area contributed by atoms with Gasteiger partial charge < -0.3 is 0 Å². The van der Waals surface area contributed by atoms with Crippen molar-refractivity contribution in [2.24, 2.45) is 0 Å². The maximum absolute atomic E-state index is 12.8. The number of carbonyl (C=O) groups excluding carboxylic acids is 2. The fourth-order valence-corrected chi connectivity index (χ4v) is 15.0. The molecule has 0 unspecified atom stereocenters. The summed E-state index contributed by atoms with van der Waals surface area (Å²) in [6.45, 7) is 8.82. The minimum Gasteiger partial charge on any atom is -0.0654 e. The van der Waals surface area contributed by atoms with Gasteiger partial charge in [0.1, 0.15) is 0 Å². The standard InChI is InChI=1S/2C12H24O2.2C4H9.Sn/c2*1-2-3-4-5-6-7-8-9-10-11-12(13)14;2*1-3-4-2;/h2*2-11H2,1H3,(H,13,14);2*1,3-4H2,2H3;/q;;;;+2/p-2. The zero-order chi connectivity index (χ0) is 27.5. The topological polar surface area (TPSA) is 52.6 Å². The van der Waals surface area contributed by atoms with Gasteiger partial charge in [-0.05, 0) is 0 Å². The first-order chi connectivity index (χ1) is 18.0. The van der Waals surface area contributed by atoms with Crippen molar-refractivity contribution in [3.05, 3.63) is 0 Å². The van der Waals surface area contributed by atoms with E-state index in [1.54, 1.807) is 0 Å². The van der Waals surface area contributed by atoms with Crippen LogP contribution in [0.3, 0.4) is 0 Å². The minimum absolute atomic E-state index is 0.109. The Balaban J connectivity index is 4.49. The predicted octanol–water partition coefficient (Wildman–Crippen LogP) is 11.0. The number of hydrogen-bond acceptors (Lipinski definition) is 4. The minimum atomic E-state index is -3.76. The van der Waals surface area contributed by atoms with Gasteiger partial charge in [0, 0.05) is 0 Å². The summed E-state index contributed by atoms with van der Waals surface area (Å²) in [7, 11) is 0. The van der Waals surface area contributed by atoms with Gasteiger partial charge in [0.05, 0.1) is 0 Å². The monoisotopic (exact) mass is 632 g/mol. The molecule has 0 bridgehead atoms. The van der Waals surface area contributed by atoms with Gasteiger partial charge in [-0.15, -0.1) is 0 Å². The predicted molar refractivity (Wildman–Crippen MR) is 161 cm³/mol. The van der Waals surface area contributed by atoms with Gasteiger partial charge in [-0.3, -0.25) is 0 Å². The summed E-state index contributed by atoms with van der Waals surface area (Å²) in [5.74, 6) is -0.219. The molecule has 0 amide bonds. The third kappa shape index (κ3) is 23.4. The summed E-state index contributed by atoms with van der Waals surface area (Å²) >= 11 is -3.76. The van der Waals surface area contributed by atoms with E-state index in [2.05, 4.69) is 27.7 Å². The Labute approximate surface area is 236 Å². The van der Waals surface area contributed by atoms with Crippen molar-refractivity contribution in [1.29, 1.82) is 0 Å². The normalized spacial score (nSPS) is 11.6. The van der Waals surface area contributed by atoms with E-state index in [-0.39, 0.29) is 11.9 Å². The third-order valence-electron chi connectivity index (χ3n) is 7.39. The Morgan fingerprint density at radius 2 is 0.676 bits per heavy atom. The second kappa shape index (κ2) is 27.3. The summed E-state index contributed by atoms with van der Waals surface area (Å²) in [4.78, 5) is 25.7. The molecule has 0 saturated carbocycles. The fourth-order valence-electron chi connectivity index (χ4n) is 4.92. The van der Waals surface area contributed by atoms with Crippen LogP contribution in [0, 0.1) is 0 Å². The molecule has 5 heteroatoms. The van der Waals surface area contributed by atoms with Crippen LogP contribution in [0.1, 0.15) is 182 Å². The molecule has 0 N–H and O–H groups in total. The number of carbonyl (C=O) groups is 2. The van der Waals surface area contributed by atoms with Crippen molar-refractivity contribution in [2.45, 2.75) is 191 Å². The van der Waals surface area contributed by atoms with Crippen LogP contribution in [0.2, 0.25) is 8.87 Å². The Morgan fingerprint density at radius 3 is 0.973 bits per heavy atom. The molecule has 0 heterocycles. The van der Waals surface area contributed by atoms with Gasteiger partial charge >= 0.3 is 224 Å².